The summed E-state index contributed by atoms with van der Waals surface area (Å²) in [6, 6.07) is 13.1. The monoisotopic (exact) mass is 1910 g/mol. The van der Waals surface area contributed by atoms with E-state index in [9.17, 15) is 59.4 Å². The molecule has 0 amide bonds. The predicted molar refractivity (Wildman–Crippen MR) is 515 cm³/mol. The summed E-state index contributed by atoms with van der Waals surface area (Å²) in [5, 5.41) is 61.9. The van der Waals surface area contributed by atoms with E-state index in [2.05, 4.69) is 27.7 Å². The van der Waals surface area contributed by atoms with Crippen molar-refractivity contribution >= 4 is 59.7 Å². The molecule has 0 bridgehead atoms. The van der Waals surface area contributed by atoms with Gasteiger partial charge in [-0.1, -0.05) is 120 Å². The molecule has 6 N–H and O–H groups in total. The number of fused-ring (bicyclic) bond motifs is 7. The van der Waals surface area contributed by atoms with Crippen molar-refractivity contribution in [1.82, 2.24) is 14.7 Å². The SMILES string of the molecule is CC1/C=C\[C@@H](C)[C@H](C)OC(=O)c2c(O)cc(O)cc2/C=C/C[C@@H]2OC(C)(C)OC12.C[C@@H]1/C=C\C(=O)C(O)[C@@H](O)C/C=C/c2cc(OCCN3CCOCC3)cc(O)c2C(=O)O[C@H]1C.Cc1cc(OCCN2CCOCC2)cc2c1C(=O)O[C@@H](C)[C@H](C)/C=C\C(=O)C1OC(C)(C)O[C@H]1C/C=C/2.Cc1cc(OCCN2CCOCC2)cc2c1C(=O)O[C@@H](C)[C@H](C)/C=C\C(O)C1OC(C)(C)O[C@H]1C/C=C/2. The number of carbonyl (C=O) groups excluding carboxylic acids is 6. The zero-order chi connectivity index (χ0) is 99.2. The van der Waals surface area contributed by atoms with Crippen molar-refractivity contribution in [3.05, 3.63) is 177 Å². The minimum atomic E-state index is -1.57. The van der Waals surface area contributed by atoms with Gasteiger partial charge in [-0.05, 0) is 191 Å². The normalized spacial score (nSPS) is 31.5. The van der Waals surface area contributed by atoms with Crippen molar-refractivity contribution in [2.75, 3.05) is 118 Å². The van der Waals surface area contributed by atoms with Gasteiger partial charge in [0.15, 0.2) is 28.9 Å². The van der Waals surface area contributed by atoms with Gasteiger partial charge in [-0.2, -0.15) is 0 Å². The molecule has 4 aromatic rings. The van der Waals surface area contributed by atoms with Gasteiger partial charge in [0.25, 0.3) is 0 Å². The number of aryl methyl sites for hydroxylation is 2. The maximum atomic E-state index is 13.3. The van der Waals surface area contributed by atoms with Gasteiger partial charge in [0.05, 0.1) is 81.3 Å². The largest absolute Gasteiger partial charge is 0.508 e. The standard InChI is InChI=1S/C29H41NO7.C29H39NO7.C25H33NO8.C23H30O6/c2*1-19-9-10-24(31)27-25(36-29(4,5)37-27)8-6-7-22-18-23(34-16-13-30-11-14-33-15-12-30)17-20(2)26(22)28(32)35-21(19)3;1-16-6-7-21(28)24(30)20(27)5-3-4-18-14-19(33-13-10-26-8-11-32-12-9-26)15-22(29)23(18)25(31)34-17(16)2;1-13-9-10-14(2)21-19(28-23(4,5)29-21)8-6-7-16-11-17(24)12-18(25)20(16)22(26)27-15(13)3/h6-7,9-10,17-19,21,24-25,27,31H,8,11-16H2,1-5H3;6-7,9-10,17-19,21,25,27H,8,11-16H2,1-5H3;3-4,6-7,14-17,20,24,27,29-30H,5,8-13H2,1-2H3;6-7,9-15,19,21,24-25H,8H2,1-5H3/b2*7-6+,10-9-;4-3+,7-6-;7-6+,10-9-/t19-,21+,24?,25+,27?;19-,21+,25+,27?;16-,17+,20+,24?;13-,14?,15+,19+,21?/m1111/s1. The van der Waals surface area contributed by atoms with E-state index in [4.69, 9.17) is 75.8 Å². The third kappa shape index (κ3) is 31.1. The van der Waals surface area contributed by atoms with E-state index in [1.807, 2.05) is 164 Å². The minimum absolute atomic E-state index is 0.0250. The van der Waals surface area contributed by atoms with Crippen LogP contribution in [0.2, 0.25) is 0 Å². The van der Waals surface area contributed by atoms with E-state index < -0.39 is 96.0 Å². The van der Waals surface area contributed by atoms with Crippen molar-refractivity contribution in [1.29, 1.82) is 0 Å². The Morgan fingerprint density at radius 1 is 0.358 bits per heavy atom. The minimum Gasteiger partial charge on any atom is -0.508 e. The van der Waals surface area contributed by atoms with Gasteiger partial charge in [0, 0.05) is 101 Å². The van der Waals surface area contributed by atoms with Gasteiger partial charge < -0.3 is 106 Å². The number of morpholine rings is 3. The molecule has 10 aliphatic rings. The molecule has 18 atom stereocenters. The Hall–Kier alpha value is -9.78. The van der Waals surface area contributed by atoms with E-state index >= 15 is 0 Å². The molecule has 10 heterocycles. The van der Waals surface area contributed by atoms with Crippen molar-refractivity contribution in [2.24, 2.45) is 29.6 Å². The molecular weight excluding hydrogens is 1760 g/mol. The Labute approximate surface area is 805 Å². The quantitative estimate of drug-likeness (QED) is 0.0436. The van der Waals surface area contributed by atoms with Crippen LogP contribution >= 0.6 is 0 Å². The van der Waals surface area contributed by atoms with Crippen LogP contribution in [-0.2, 0) is 71.2 Å². The lowest BCUT2D eigenvalue weighted by molar-refractivity contribution is -0.152. The number of nitrogens with zero attached hydrogens (tertiary/aromatic N) is 3. The highest BCUT2D eigenvalue weighted by Gasteiger charge is 2.47. The molecule has 6 fully saturated rings. The highest BCUT2D eigenvalue weighted by Crippen LogP contribution is 2.41. The second-order valence-corrected chi connectivity index (χ2v) is 38.1. The maximum Gasteiger partial charge on any atom is 0.342 e. The second kappa shape index (κ2) is 49.9. The van der Waals surface area contributed by atoms with Gasteiger partial charge >= 0.3 is 23.9 Å². The van der Waals surface area contributed by atoms with Crippen LogP contribution in [0.15, 0.2) is 121 Å². The number of carbonyl (C=O) groups is 6. The Bertz CT molecular complexity index is 5010. The van der Waals surface area contributed by atoms with E-state index in [1.54, 1.807) is 38.1 Å². The van der Waals surface area contributed by atoms with Crippen LogP contribution in [0.3, 0.4) is 0 Å². The zero-order valence-electron chi connectivity index (χ0n) is 82.3. The molecular formula is C106H143N3O28. The third-order valence-corrected chi connectivity index (χ3v) is 25.8. The molecule has 0 spiro atoms. The van der Waals surface area contributed by atoms with Crippen LogP contribution in [0.1, 0.15) is 204 Å². The molecule has 10 aliphatic heterocycles. The number of rotatable bonds is 12. The molecule has 31 nitrogen and oxygen atoms in total. The lowest BCUT2D eigenvalue weighted by Gasteiger charge is -2.26. The highest BCUT2D eigenvalue weighted by molar-refractivity contribution is 6.00. The molecule has 0 radical (unpaired) electrons. The summed E-state index contributed by atoms with van der Waals surface area (Å²) in [4.78, 5) is 84.1. The highest BCUT2D eigenvalue weighted by atomic mass is 16.8. The molecule has 4 aromatic carbocycles. The van der Waals surface area contributed by atoms with Gasteiger partial charge in [0.1, 0.15) is 114 Å². The summed E-state index contributed by atoms with van der Waals surface area (Å²) < 4.78 is 93.3. The fourth-order valence-corrected chi connectivity index (χ4v) is 17.2. The Balaban J connectivity index is 0.000000176. The first kappa shape index (κ1) is 108. The first-order valence-corrected chi connectivity index (χ1v) is 48.0. The molecule has 0 aliphatic carbocycles. The number of ether oxygens (including phenoxy) is 16. The number of hydrogen-bond acceptors (Lipinski definition) is 31. The van der Waals surface area contributed by atoms with Gasteiger partial charge in [-0.25, -0.2) is 19.2 Å². The fraction of sp³-hybridized carbons (Fsp3) is 0.566. The summed E-state index contributed by atoms with van der Waals surface area (Å²) in [7, 11) is 0. The van der Waals surface area contributed by atoms with Crippen molar-refractivity contribution in [3.63, 3.8) is 0 Å². The van der Waals surface area contributed by atoms with Crippen LogP contribution in [0.4, 0.5) is 0 Å². The first-order valence-electron chi connectivity index (χ1n) is 48.0. The Morgan fingerprint density at radius 3 is 1.14 bits per heavy atom. The Kier molecular flexibility index (Phi) is 39.2. The molecule has 137 heavy (non-hydrogen) atoms. The average Bonchev–Trinajstić information content (AvgIpc) is 1.10. The Morgan fingerprint density at radius 2 is 0.693 bits per heavy atom. The molecule has 14 rings (SSSR count). The van der Waals surface area contributed by atoms with Crippen molar-refractivity contribution in [3.8, 4) is 34.5 Å². The number of aromatic hydroxyl groups is 3. The molecule has 750 valence electrons. The number of aliphatic hydroxyl groups is 3. The number of esters is 4. The van der Waals surface area contributed by atoms with Crippen LogP contribution in [0.5, 0.6) is 34.5 Å². The summed E-state index contributed by atoms with van der Waals surface area (Å²) in [6.45, 7) is 45.2. The molecule has 0 aromatic heterocycles. The topological polar surface area (TPSA) is 381 Å². The smallest absolute Gasteiger partial charge is 0.342 e. The number of ketones is 2. The maximum absolute atomic E-state index is 13.3. The van der Waals surface area contributed by atoms with Crippen molar-refractivity contribution < 1.29 is 135 Å². The number of aliphatic hydroxyl groups excluding tert-OH is 3. The van der Waals surface area contributed by atoms with E-state index in [-0.39, 0.29) is 101 Å². The number of cyclic esters (lactones) is 4. The molecule has 31 heteroatoms. The number of hydrogen-bond donors (Lipinski definition) is 6. The van der Waals surface area contributed by atoms with Crippen LogP contribution in [-0.4, -0.2) is 296 Å². The number of phenolic OH excluding ortho intramolecular Hbond substituents is 3. The van der Waals surface area contributed by atoms with Gasteiger partial charge in [0.2, 0.25) is 0 Å². The zero-order valence-corrected chi connectivity index (χ0v) is 82.3. The lowest BCUT2D eigenvalue weighted by atomic mass is 9.94. The summed E-state index contributed by atoms with van der Waals surface area (Å²) in [6.07, 6.45) is 21.7. The molecule has 6 saturated heterocycles. The van der Waals surface area contributed by atoms with E-state index in [0.717, 1.165) is 102 Å². The fourth-order valence-electron chi connectivity index (χ4n) is 17.2. The van der Waals surface area contributed by atoms with Crippen LogP contribution in [0, 0.1) is 43.4 Å². The summed E-state index contributed by atoms with van der Waals surface area (Å²) >= 11 is 0. The van der Waals surface area contributed by atoms with E-state index in [0.29, 0.717) is 104 Å². The number of phenols is 3. The van der Waals surface area contributed by atoms with Crippen LogP contribution in [0.25, 0.3) is 24.3 Å². The number of benzene rings is 4. The average molecular weight is 1910 g/mol. The second-order valence-electron chi connectivity index (χ2n) is 38.1. The predicted octanol–water partition coefficient (Wildman–Crippen LogP) is 13.6. The molecule has 6 unspecified atom stereocenters. The lowest BCUT2D eigenvalue weighted by Crippen LogP contribution is -2.38. The van der Waals surface area contributed by atoms with Crippen LogP contribution < -0.4 is 14.2 Å². The van der Waals surface area contributed by atoms with E-state index in [1.165, 1.54) is 42.5 Å². The summed E-state index contributed by atoms with van der Waals surface area (Å²) in [5.74, 6) is -4.67. The van der Waals surface area contributed by atoms with Crippen molar-refractivity contribution in [2.45, 2.75) is 240 Å². The third-order valence-electron chi connectivity index (χ3n) is 25.8. The van der Waals surface area contributed by atoms with Gasteiger partial charge in [-0.3, -0.25) is 24.3 Å². The van der Waals surface area contributed by atoms with Gasteiger partial charge in [-0.15, -0.1) is 0 Å². The molecule has 0 saturated carbocycles. The summed E-state index contributed by atoms with van der Waals surface area (Å²) in [5.41, 5.74) is 4.79. The first-order chi connectivity index (χ1) is 65.1.